The zero-order valence-electron chi connectivity index (χ0n) is 11.7. The number of hydrogen-bond acceptors (Lipinski definition) is 4. The second-order valence-corrected chi connectivity index (χ2v) is 6.32. The number of thioether (sulfide) groups is 1. The summed E-state index contributed by atoms with van der Waals surface area (Å²) < 4.78 is 2.09. The van der Waals surface area contributed by atoms with Gasteiger partial charge in [0.2, 0.25) is 5.95 Å². The van der Waals surface area contributed by atoms with E-state index in [9.17, 15) is 0 Å². The van der Waals surface area contributed by atoms with Crippen molar-refractivity contribution in [2.45, 2.75) is 18.0 Å². The SMILES string of the molecule is C=CCSc1nnc(N2CCCC2)n1-c1cccc(Cl)c1. The quantitative estimate of drug-likeness (QED) is 0.620. The Kier molecular flexibility index (Phi) is 4.51. The van der Waals surface area contributed by atoms with Crippen LogP contribution in [0, 0.1) is 0 Å². The molecule has 4 nitrogen and oxygen atoms in total. The third-order valence-electron chi connectivity index (χ3n) is 3.40. The van der Waals surface area contributed by atoms with E-state index < -0.39 is 0 Å². The van der Waals surface area contributed by atoms with Gasteiger partial charge in [0.1, 0.15) is 0 Å². The summed E-state index contributed by atoms with van der Waals surface area (Å²) in [4.78, 5) is 2.28. The molecule has 1 aliphatic rings. The first-order chi connectivity index (χ1) is 10.3. The first-order valence-electron chi connectivity index (χ1n) is 6.99. The second-order valence-electron chi connectivity index (χ2n) is 4.89. The van der Waals surface area contributed by atoms with Gasteiger partial charge in [-0.2, -0.15) is 0 Å². The Morgan fingerprint density at radius 1 is 1.29 bits per heavy atom. The summed E-state index contributed by atoms with van der Waals surface area (Å²) in [6, 6.07) is 7.81. The fraction of sp³-hybridized carbons (Fsp3) is 0.333. The van der Waals surface area contributed by atoms with Crippen LogP contribution in [0.2, 0.25) is 5.02 Å². The Hall–Kier alpha value is -1.46. The van der Waals surface area contributed by atoms with Gasteiger partial charge < -0.3 is 4.90 Å². The van der Waals surface area contributed by atoms with Crippen LogP contribution >= 0.6 is 23.4 Å². The highest BCUT2D eigenvalue weighted by Crippen LogP contribution is 2.29. The molecule has 0 saturated carbocycles. The molecule has 21 heavy (non-hydrogen) atoms. The summed E-state index contributed by atoms with van der Waals surface area (Å²) in [6.07, 6.45) is 4.28. The Morgan fingerprint density at radius 2 is 2.10 bits per heavy atom. The molecule has 0 aliphatic carbocycles. The maximum absolute atomic E-state index is 6.14. The van der Waals surface area contributed by atoms with E-state index in [2.05, 4.69) is 26.2 Å². The molecule has 0 bridgehead atoms. The van der Waals surface area contributed by atoms with Gasteiger partial charge in [0.15, 0.2) is 5.16 Å². The van der Waals surface area contributed by atoms with E-state index in [0.717, 1.165) is 35.6 Å². The molecular formula is C15H17ClN4S. The third-order valence-corrected chi connectivity index (χ3v) is 4.56. The minimum Gasteiger partial charge on any atom is -0.341 e. The lowest BCUT2D eigenvalue weighted by Gasteiger charge is -2.18. The van der Waals surface area contributed by atoms with Crippen LogP contribution in [0.1, 0.15) is 12.8 Å². The number of benzene rings is 1. The van der Waals surface area contributed by atoms with Crippen LogP contribution in [0.4, 0.5) is 5.95 Å². The molecule has 3 rings (SSSR count). The van der Waals surface area contributed by atoms with Gasteiger partial charge in [-0.3, -0.25) is 4.57 Å². The predicted octanol–water partition coefficient (Wildman–Crippen LogP) is 3.80. The number of aromatic nitrogens is 3. The van der Waals surface area contributed by atoms with E-state index in [-0.39, 0.29) is 0 Å². The van der Waals surface area contributed by atoms with Crippen LogP contribution in [0.15, 0.2) is 42.1 Å². The van der Waals surface area contributed by atoms with E-state index in [1.807, 2.05) is 30.3 Å². The third kappa shape index (κ3) is 3.09. The van der Waals surface area contributed by atoms with Gasteiger partial charge in [0, 0.05) is 23.9 Å². The number of nitrogens with zero attached hydrogens (tertiary/aromatic N) is 4. The number of hydrogen-bond donors (Lipinski definition) is 0. The Morgan fingerprint density at radius 3 is 2.81 bits per heavy atom. The average Bonchev–Trinajstić information content (AvgIpc) is 3.14. The summed E-state index contributed by atoms with van der Waals surface area (Å²) in [5, 5.41) is 10.3. The Labute approximate surface area is 133 Å². The molecule has 0 unspecified atom stereocenters. The Bertz CT molecular complexity index is 634. The van der Waals surface area contributed by atoms with Crippen LogP contribution in [-0.4, -0.2) is 33.6 Å². The number of anilines is 1. The number of rotatable bonds is 5. The minimum atomic E-state index is 0.716. The van der Waals surface area contributed by atoms with E-state index in [1.165, 1.54) is 12.8 Å². The lowest BCUT2D eigenvalue weighted by atomic mass is 10.3. The number of halogens is 1. The summed E-state index contributed by atoms with van der Waals surface area (Å²) in [7, 11) is 0. The maximum atomic E-state index is 6.14. The van der Waals surface area contributed by atoms with E-state index in [1.54, 1.807) is 11.8 Å². The molecule has 110 valence electrons. The van der Waals surface area contributed by atoms with Crippen LogP contribution in [0.3, 0.4) is 0 Å². The minimum absolute atomic E-state index is 0.716. The first-order valence-corrected chi connectivity index (χ1v) is 8.36. The van der Waals surface area contributed by atoms with Gasteiger partial charge in [-0.1, -0.05) is 35.5 Å². The lowest BCUT2D eigenvalue weighted by molar-refractivity contribution is 0.842. The van der Waals surface area contributed by atoms with Crippen molar-refractivity contribution in [3.05, 3.63) is 41.9 Å². The Balaban J connectivity index is 2.04. The molecular weight excluding hydrogens is 304 g/mol. The molecule has 0 atom stereocenters. The highest BCUT2D eigenvalue weighted by atomic mass is 35.5. The zero-order chi connectivity index (χ0) is 14.7. The molecule has 2 heterocycles. The zero-order valence-corrected chi connectivity index (χ0v) is 13.3. The molecule has 1 aromatic carbocycles. The van der Waals surface area contributed by atoms with Gasteiger partial charge in [-0.25, -0.2) is 0 Å². The highest BCUT2D eigenvalue weighted by Gasteiger charge is 2.22. The van der Waals surface area contributed by atoms with Crippen LogP contribution in [0.5, 0.6) is 0 Å². The first kappa shape index (κ1) is 14.5. The van der Waals surface area contributed by atoms with Crippen LogP contribution < -0.4 is 4.90 Å². The fourth-order valence-corrected chi connectivity index (χ4v) is 3.32. The standard InChI is InChI=1S/C15H17ClN4S/c1-2-10-21-15-18-17-14(19-8-3-4-9-19)20(15)13-7-5-6-12(16)11-13/h2,5-7,11H,1,3-4,8-10H2. The fourth-order valence-electron chi connectivity index (χ4n) is 2.45. The smallest absolute Gasteiger partial charge is 0.232 e. The topological polar surface area (TPSA) is 34.0 Å². The molecule has 0 spiro atoms. The van der Waals surface area contributed by atoms with Crippen molar-refractivity contribution in [3.63, 3.8) is 0 Å². The van der Waals surface area contributed by atoms with Crippen molar-refractivity contribution in [2.75, 3.05) is 23.7 Å². The highest BCUT2D eigenvalue weighted by molar-refractivity contribution is 7.99. The molecule has 1 aromatic heterocycles. The molecule has 1 saturated heterocycles. The predicted molar refractivity (Wildman–Crippen MR) is 88.7 cm³/mol. The summed E-state index contributed by atoms with van der Waals surface area (Å²) in [5.74, 6) is 1.71. The normalized spacial score (nSPS) is 14.6. The van der Waals surface area contributed by atoms with Gasteiger partial charge in [0.25, 0.3) is 0 Å². The molecule has 0 N–H and O–H groups in total. The van der Waals surface area contributed by atoms with Gasteiger partial charge in [-0.15, -0.1) is 16.8 Å². The summed E-state index contributed by atoms with van der Waals surface area (Å²) in [6.45, 7) is 5.83. The van der Waals surface area contributed by atoms with Crippen molar-refractivity contribution in [3.8, 4) is 5.69 Å². The maximum Gasteiger partial charge on any atom is 0.232 e. The van der Waals surface area contributed by atoms with Crippen LogP contribution in [-0.2, 0) is 0 Å². The molecule has 6 heteroatoms. The van der Waals surface area contributed by atoms with E-state index in [4.69, 9.17) is 11.6 Å². The van der Waals surface area contributed by atoms with Crippen molar-refractivity contribution >= 4 is 29.3 Å². The molecule has 2 aromatic rings. The van der Waals surface area contributed by atoms with Gasteiger partial charge >= 0.3 is 0 Å². The average molecular weight is 321 g/mol. The second kappa shape index (κ2) is 6.54. The summed E-state index contributed by atoms with van der Waals surface area (Å²) in [5.41, 5.74) is 1.00. The molecule has 0 amide bonds. The lowest BCUT2D eigenvalue weighted by Crippen LogP contribution is -2.22. The largest absolute Gasteiger partial charge is 0.341 e. The summed E-state index contributed by atoms with van der Waals surface area (Å²) >= 11 is 7.77. The monoisotopic (exact) mass is 320 g/mol. The van der Waals surface area contributed by atoms with Crippen LogP contribution in [0.25, 0.3) is 5.69 Å². The van der Waals surface area contributed by atoms with E-state index >= 15 is 0 Å². The molecule has 1 aliphatic heterocycles. The van der Waals surface area contributed by atoms with Crippen molar-refractivity contribution in [2.24, 2.45) is 0 Å². The van der Waals surface area contributed by atoms with Gasteiger partial charge in [-0.05, 0) is 31.0 Å². The molecule has 1 fully saturated rings. The van der Waals surface area contributed by atoms with Crippen molar-refractivity contribution in [1.29, 1.82) is 0 Å². The van der Waals surface area contributed by atoms with Crippen molar-refractivity contribution < 1.29 is 0 Å². The van der Waals surface area contributed by atoms with E-state index in [0.29, 0.717) is 5.02 Å². The molecule has 0 radical (unpaired) electrons. The van der Waals surface area contributed by atoms with Crippen molar-refractivity contribution in [1.82, 2.24) is 14.8 Å². The van der Waals surface area contributed by atoms with Gasteiger partial charge in [0.05, 0.1) is 5.69 Å².